The minimum atomic E-state index is -0.419. The zero-order chi connectivity index (χ0) is 23.8. The van der Waals surface area contributed by atoms with Crippen molar-refractivity contribution in [2.75, 3.05) is 21.3 Å². The second-order valence-corrected chi connectivity index (χ2v) is 7.54. The summed E-state index contributed by atoms with van der Waals surface area (Å²) in [4.78, 5) is 12.5. The van der Waals surface area contributed by atoms with Gasteiger partial charge < -0.3 is 18.9 Å². The molecule has 1 N–H and O–H groups in total. The fourth-order valence-corrected chi connectivity index (χ4v) is 3.35. The van der Waals surface area contributed by atoms with Gasteiger partial charge in [0.1, 0.15) is 18.1 Å². The van der Waals surface area contributed by atoms with Crippen LogP contribution in [0.2, 0.25) is 10.0 Å². The fourth-order valence-electron chi connectivity index (χ4n) is 2.89. The predicted octanol–water partition coefficient (Wildman–Crippen LogP) is 5.36. The summed E-state index contributed by atoms with van der Waals surface area (Å²) >= 11 is 12.1. The minimum Gasteiger partial charge on any atom is -0.497 e. The van der Waals surface area contributed by atoms with E-state index in [4.69, 9.17) is 42.1 Å². The van der Waals surface area contributed by atoms with Crippen LogP contribution in [0.25, 0.3) is 0 Å². The van der Waals surface area contributed by atoms with Gasteiger partial charge in [-0.25, -0.2) is 5.43 Å². The summed E-state index contributed by atoms with van der Waals surface area (Å²) in [6.07, 6.45) is 1.50. The number of methoxy groups -OCH3 is 3. The normalized spacial score (nSPS) is 10.7. The van der Waals surface area contributed by atoms with Gasteiger partial charge in [-0.1, -0.05) is 29.3 Å². The van der Waals surface area contributed by atoms with Crippen molar-refractivity contribution >= 4 is 35.3 Å². The summed E-state index contributed by atoms with van der Waals surface area (Å²) in [6, 6.07) is 15.4. The van der Waals surface area contributed by atoms with Crippen molar-refractivity contribution in [2.45, 2.75) is 6.61 Å². The number of nitrogens with zero attached hydrogens (tertiary/aromatic N) is 1. The SMILES string of the molecule is COc1ccc(C(=O)NN=Cc2ccc(OCc3ccc(Cl)cc3Cl)c(OC)c2)c(OC)c1. The van der Waals surface area contributed by atoms with Crippen LogP contribution in [0.1, 0.15) is 21.5 Å². The van der Waals surface area contributed by atoms with Crippen LogP contribution in [-0.4, -0.2) is 33.5 Å². The van der Waals surface area contributed by atoms with Gasteiger partial charge >= 0.3 is 0 Å². The number of halogens is 2. The molecule has 3 aromatic carbocycles. The molecule has 3 rings (SSSR count). The number of rotatable bonds is 9. The van der Waals surface area contributed by atoms with Gasteiger partial charge in [0.2, 0.25) is 0 Å². The number of ether oxygens (including phenoxy) is 4. The maximum absolute atomic E-state index is 12.5. The van der Waals surface area contributed by atoms with Gasteiger partial charge in [0, 0.05) is 21.7 Å². The first-order valence-electron chi connectivity index (χ1n) is 9.75. The Morgan fingerprint density at radius 3 is 2.39 bits per heavy atom. The lowest BCUT2D eigenvalue weighted by Gasteiger charge is -2.12. The van der Waals surface area contributed by atoms with E-state index in [9.17, 15) is 4.79 Å². The third-order valence-corrected chi connectivity index (χ3v) is 5.21. The van der Waals surface area contributed by atoms with E-state index in [1.165, 1.54) is 27.5 Å². The topological polar surface area (TPSA) is 78.4 Å². The Kier molecular flexibility index (Phi) is 8.40. The van der Waals surface area contributed by atoms with Gasteiger partial charge in [-0.15, -0.1) is 0 Å². The second-order valence-electron chi connectivity index (χ2n) is 6.70. The molecule has 1 amide bonds. The Morgan fingerprint density at radius 1 is 0.909 bits per heavy atom. The maximum Gasteiger partial charge on any atom is 0.275 e. The highest BCUT2D eigenvalue weighted by atomic mass is 35.5. The predicted molar refractivity (Wildman–Crippen MR) is 128 cm³/mol. The largest absolute Gasteiger partial charge is 0.497 e. The lowest BCUT2D eigenvalue weighted by molar-refractivity contribution is 0.0952. The number of hydrazone groups is 1. The van der Waals surface area contributed by atoms with Crippen molar-refractivity contribution in [2.24, 2.45) is 5.10 Å². The molecule has 0 radical (unpaired) electrons. The molecule has 3 aromatic rings. The molecule has 0 unspecified atom stereocenters. The Bertz CT molecular complexity index is 1170. The highest BCUT2D eigenvalue weighted by molar-refractivity contribution is 6.35. The highest BCUT2D eigenvalue weighted by Crippen LogP contribution is 2.30. The molecule has 0 heterocycles. The number of hydrogen-bond acceptors (Lipinski definition) is 6. The van der Waals surface area contributed by atoms with Gasteiger partial charge in [0.15, 0.2) is 11.5 Å². The zero-order valence-electron chi connectivity index (χ0n) is 18.2. The molecule has 7 nitrogen and oxygen atoms in total. The molecule has 172 valence electrons. The number of nitrogens with one attached hydrogen (secondary N) is 1. The third-order valence-electron chi connectivity index (χ3n) is 4.62. The Morgan fingerprint density at radius 2 is 1.70 bits per heavy atom. The van der Waals surface area contributed by atoms with E-state index >= 15 is 0 Å². The molecule has 0 saturated carbocycles. The van der Waals surface area contributed by atoms with Gasteiger partial charge in [0.25, 0.3) is 5.91 Å². The molecule has 0 aliphatic carbocycles. The van der Waals surface area contributed by atoms with Crippen LogP contribution in [0.3, 0.4) is 0 Å². The van der Waals surface area contributed by atoms with E-state index in [0.717, 1.165) is 5.56 Å². The standard InChI is InChI=1S/C24H22Cl2N2O5/c1-30-18-7-8-19(22(12-18)31-2)24(29)28-27-13-15-4-9-21(23(10-15)32-3)33-14-16-5-6-17(25)11-20(16)26/h4-13H,14H2,1-3H3,(H,28,29). The summed E-state index contributed by atoms with van der Waals surface area (Å²) in [5.74, 6) is 1.59. The van der Waals surface area contributed by atoms with Crippen LogP contribution in [0.15, 0.2) is 59.7 Å². The first-order valence-corrected chi connectivity index (χ1v) is 10.5. The van der Waals surface area contributed by atoms with Gasteiger partial charge in [-0.2, -0.15) is 5.10 Å². The molecule has 0 aliphatic rings. The number of hydrogen-bond donors (Lipinski definition) is 1. The van der Waals surface area contributed by atoms with Crippen molar-refractivity contribution in [1.82, 2.24) is 5.43 Å². The average Bonchev–Trinajstić information content (AvgIpc) is 2.83. The summed E-state index contributed by atoms with van der Waals surface area (Å²) < 4.78 is 21.6. The fraction of sp³-hybridized carbons (Fsp3) is 0.167. The molecule has 0 aromatic heterocycles. The van der Waals surface area contributed by atoms with Crippen LogP contribution in [-0.2, 0) is 6.61 Å². The van der Waals surface area contributed by atoms with Crippen LogP contribution in [0, 0.1) is 0 Å². The molecular formula is C24H22Cl2N2O5. The average molecular weight is 489 g/mol. The van der Waals surface area contributed by atoms with Crippen molar-refractivity contribution in [3.05, 3.63) is 81.3 Å². The van der Waals surface area contributed by atoms with E-state index in [1.54, 1.807) is 54.6 Å². The Balaban J connectivity index is 1.66. The molecule has 0 saturated heterocycles. The van der Waals surface area contributed by atoms with Crippen LogP contribution < -0.4 is 24.4 Å². The van der Waals surface area contributed by atoms with E-state index in [1.807, 2.05) is 0 Å². The molecule has 0 atom stereocenters. The first kappa shape index (κ1) is 24.2. The zero-order valence-corrected chi connectivity index (χ0v) is 19.7. The van der Waals surface area contributed by atoms with Crippen molar-refractivity contribution < 1.29 is 23.7 Å². The molecular weight excluding hydrogens is 467 g/mol. The molecule has 0 bridgehead atoms. The van der Waals surface area contributed by atoms with Crippen LogP contribution >= 0.6 is 23.2 Å². The van der Waals surface area contributed by atoms with Crippen LogP contribution in [0.4, 0.5) is 0 Å². The first-order chi connectivity index (χ1) is 15.9. The number of benzene rings is 3. The summed E-state index contributed by atoms with van der Waals surface area (Å²) in [7, 11) is 4.55. The van der Waals surface area contributed by atoms with Crippen LogP contribution in [0.5, 0.6) is 23.0 Å². The van der Waals surface area contributed by atoms with E-state index in [2.05, 4.69) is 10.5 Å². The van der Waals surface area contributed by atoms with Crippen molar-refractivity contribution in [3.63, 3.8) is 0 Å². The Labute approximate surface area is 201 Å². The van der Waals surface area contributed by atoms with E-state index < -0.39 is 5.91 Å². The lowest BCUT2D eigenvalue weighted by atomic mass is 10.2. The lowest BCUT2D eigenvalue weighted by Crippen LogP contribution is -2.18. The number of amides is 1. The number of carbonyl (C=O) groups is 1. The smallest absolute Gasteiger partial charge is 0.275 e. The second kappa shape index (κ2) is 11.4. The van der Waals surface area contributed by atoms with Gasteiger partial charge in [0.05, 0.1) is 33.1 Å². The third kappa shape index (κ3) is 6.31. The summed E-state index contributed by atoms with van der Waals surface area (Å²) in [6.45, 7) is 0.250. The molecule has 0 fully saturated rings. The van der Waals surface area contributed by atoms with Gasteiger partial charge in [-0.3, -0.25) is 4.79 Å². The van der Waals surface area contributed by atoms with E-state index in [-0.39, 0.29) is 6.61 Å². The summed E-state index contributed by atoms with van der Waals surface area (Å²) in [5, 5.41) is 5.10. The monoisotopic (exact) mass is 488 g/mol. The van der Waals surface area contributed by atoms with Gasteiger partial charge in [-0.05, 0) is 48.0 Å². The quantitative estimate of drug-likeness (QED) is 0.323. The van der Waals surface area contributed by atoms with Crippen molar-refractivity contribution in [3.8, 4) is 23.0 Å². The highest BCUT2D eigenvalue weighted by Gasteiger charge is 2.13. The molecule has 0 aliphatic heterocycles. The Hall–Kier alpha value is -3.42. The molecule has 9 heteroatoms. The van der Waals surface area contributed by atoms with Crippen molar-refractivity contribution in [1.29, 1.82) is 0 Å². The summed E-state index contributed by atoms with van der Waals surface area (Å²) in [5.41, 5.74) is 4.31. The molecule has 33 heavy (non-hydrogen) atoms. The number of carbonyl (C=O) groups excluding carboxylic acids is 1. The maximum atomic E-state index is 12.5. The molecule has 0 spiro atoms. The van der Waals surface area contributed by atoms with E-state index in [0.29, 0.717) is 44.2 Å². The minimum absolute atomic E-state index is 0.250.